The molecule has 12 heteroatoms. The normalized spacial score (nSPS) is 19.8. The van der Waals surface area contributed by atoms with Crippen molar-refractivity contribution in [3.63, 3.8) is 0 Å². The van der Waals surface area contributed by atoms with Crippen molar-refractivity contribution in [1.29, 1.82) is 0 Å². The zero-order valence-electron chi connectivity index (χ0n) is 29.7. The first kappa shape index (κ1) is 38.6. The Morgan fingerprint density at radius 2 is 1.77 bits per heavy atom. The third-order valence-corrected chi connectivity index (χ3v) is 8.49. The van der Waals surface area contributed by atoms with E-state index in [4.69, 9.17) is 14.2 Å². The van der Waals surface area contributed by atoms with Crippen molar-refractivity contribution < 1.29 is 33.7 Å². The number of carbonyl (C=O) groups is 3. The standard InChI is InChI=1S/C36H55N5O7/c1-25-22-41(26(2)24-42)35(44)31-21-29(37-34(43)12-10-19-39(4)5)15-18-32(31)48-27(3)11-8-9-20-47-33(25)23-40(6)36(45)38-28-13-16-30(46-7)17-14-28/h13-18,21,25-27,33,42H,8-12,19-20,22-24H2,1-7H3,(H,37,43)(H,38,45)/t25-,26+,27+,33+/m1/s1. The number of aliphatic hydroxyl groups is 1. The number of rotatable bonds is 11. The molecule has 2 aromatic carbocycles. The summed E-state index contributed by atoms with van der Waals surface area (Å²) in [4.78, 5) is 45.4. The molecule has 0 aromatic heterocycles. The largest absolute Gasteiger partial charge is 0.497 e. The van der Waals surface area contributed by atoms with Gasteiger partial charge in [0, 0.05) is 50.5 Å². The average molecular weight is 670 g/mol. The fourth-order valence-corrected chi connectivity index (χ4v) is 5.49. The first-order valence-electron chi connectivity index (χ1n) is 16.9. The van der Waals surface area contributed by atoms with E-state index in [1.165, 1.54) is 0 Å². The first-order chi connectivity index (χ1) is 22.9. The van der Waals surface area contributed by atoms with Crippen LogP contribution in [0.2, 0.25) is 0 Å². The molecule has 0 spiro atoms. The van der Waals surface area contributed by atoms with Crippen LogP contribution in [-0.2, 0) is 9.53 Å². The molecular formula is C36H55N5O7. The molecule has 3 N–H and O–H groups in total. The van der Waals surface area contributed by atoms with Crippen LogP contribution in [0, 0.1) is 5.92 Å². The lowest BCUT2D eigenvalue weighted by Gasteiger charge is -2.35. The summed E-state index contributed by atoms with van der Waals surface area (Å²) < 4.78 is 17.9. The highest BCUT2D eigenvalue weighted by Gasteiger charge is 2.31. The molecule has 1 aliphatic heterocycles. The van der Waals surface area contributed by atoms with E-state index in [1.807, 2.05) is 32.8 Å². The highest BCUT2D eigenvalue weighted by Crippen LogP contribution is 2.29. The highest BCUT2D eigenvalue weighted by atomic mass is 16.5. The highest BCUT2D eigenvalue weighted by molar-refractivity contribution is 5.99. The molecule has 4 atom stereocenters. The molecule has 4 amide bonds. The van der Waals surface area contributed by atoms with Gasteiger partial charge in [0.15, 0.2) is 0 Å². The van der Waals surface area contributed by atoms with Crippen LogP contribution >= 0.6 is 0 Å². The number of urea groups is 1. The summed E-state index contributed by atoms with van der Waals surface area (Å²) >= 11 is 0. The van der Waals surface area contributed by atoms with E-state index < -0.39 is 6.04 Å². The van der Waals surface area contributed by atoms with Crippen molar-refractivity contribution in [2.75, 3.05) is 71.7 Å². The van der Waals surface area contributed by atoms with Crippen molar-refractivity contribution in [3.8, 4) is 11.5 Å². The Kier molecular flexibility index (Phi) is 15.4. The van der Waals surface area contributed by atoms with Crippen LogP contribution in [0.1, 0.15) is 63.2 Å². The molecule has 0 fully saturated rings. The Morgan fingerprint density at radius 3 is 2.44 bits per heavy atom. The fraction of sp³-hybridized carbons (Fsp3) is 0.583. The lowest BCUT2D eigenvalue weighted by Crippen LogP contribution is -2.48. The van der Waals surface area contributed by atoms with Crippen molar-refractivity contribution in [2.24, 2.45) is 5.92 Å². The summed E-state index contributed by atoms with van der Waals surface area (Å²) in [6.45, 7) is 7.33. The molecule has 3 rings (SSSR count). The van der Waals surface area contributed by atoms with Crippen LogP contribution in [0.5, 0.6) is 11.5 Å². The monoisotopic (exact) mass is 669 g/mol. The zero-order valence-corrected chi connectivity index (χ0v) is 29.7. The van der Waals surface area contributed by atoms with Gasteiger partial charge in [-0.25, -0.2) is 4.79 Å². The maximum absolute atomic E-state index is 14.3. The SMILES string of the molecule is COc1ccc(NC(=O)N(C)C[C@@H]2OCCCC[C@H](C)Oc3ccc(NC(=O)CCCN(C)C)cc3C(=O)N([C@@H](C)CO)C[C@H]2C)cc1. The number of benzene rings is 2. The van der Waals surface area contributed by atoms with Crippen LogP contribution in [0.3, 0.4) is 0 Å². The van der Waals surface area contributed by atoms with Gasteiger partial charge in [-0.05, 0) is 103 Å². The van der Waals surface area contributed by atoms with Crippen LogP contribution in [0.25, 0.3) is 0 Å². The first-order valence-corrected chi connectivity index (χ1v) is 16.9. The smallest absolute Gasteiger partial charge is 0.321 e. The number of methoxy groups -OCH3 is 1. The molecule has 0 aliphatic carbocycles. The van der Waals surface area contributed by atoms with Crippen LogP contribution in [-0.4, -0.2) is 117 Å². The molecule has 0 saturated heterocycles. The van der Waals surface area contributed by atoms with E-state index >= 15 is 0 Å². The van der Waals surface area contributed by atoms with Gasteiger partial charge in [0.25, 0.3) is 5.91 Å². The minimum Gasteiger partial charge on any atom is -0.497 e. The van der Waals surface area contributed by atoms with E-state index in [0.717, 1.165) is 25.8 Å². The topological polar surface area (TPSA) is 133 Å². The molecular weight excluding hydrogens is 614 g/mol. The second kappa shape index (κ2) is 19.2. The number of nitrogens with one attached hydrogen (secondary N) is 2. The lowest BCUT2D eigenvalue weighted by molar-refractivity contribution is -0.116. The minimum atomic E-state index is -0.515. The Balaban J connectivity index is 1.85. The van der Waals surface area contributed by atoms with Gasteiger partial charge in [-0.15, -0.1) is 0 Å². The van der Waals surface area contributed by atoms with E-state index in [1.54, 1.807) is 73.3 Å². The van der Waals surface area contributed by atoms with Crippen molar-refractivity contribution in [3.05, 3.63) is 48.0 Å². The fourth-order valence-electron chi connectivity index (χ4n) is 5.49. The quantitative estimate of drug-likeness (QED) is 0.307. The molecule has 0 unspecified atom stereocenters. The number of anilines is 2. The van der Waals surface area contributed by atoms with Crippen LogP contribution in [0.4, 0.5) is 16.2 Å². The summed E-state index contributed by atoms with van der Waals surface area (Å²) in [6, 6.07) is 11.4. The molecule has 0 bridgehead atoms. The molecule has 2 aromatic rings. The number of hydrogen-bond donors (Lipinski definition) is 3. The second-order valence-electron chi connectivity index (χ2n) is 13.0. The van der Waals surface area contributed by atoms with E-state index in [9.17, 15) is 19.5 Å². The van der Waals surface area contributed by atoms with E-state index in [0.29, 0.717) is 54.4 Å². The summed E-state index contributed by atoms with van der Waals surface area (Å²) in [5, 5.41) is 16.1. The molecule has 48 heavy (non-hydrogen) atoms. The average Bonchev–Trinajstić information content (AvgIpc) is 3.06. The Hall–Kier alpha value is -3.87. The number of hydrogen-bond acceptors (Lipinski definition) is 8. The maximum Gasteiger partial charge on any atom is 0.321 e. The van der Waals surface area contributed by atoms with Crippen molar-refractivity contribution >= 4 is 29.2 Å². The minimum absolute atomic E-state index is 0.131. The molecule has 1 aliphatic rings. The predicted octanol–water partition coefficient (Wildman–Crippen LogP) is 4.93. The lowest BCUT2D eigenvalue weighted by atomic mass is 10.0. The molecule has 0 saturated carbocycles. The van der Waals surface area contributed by atoms with Gasteiger partial charge in [0.1, 0.15) is 11.5 Å². The predicted molar refractivity (Wildman–Crippen MR) is 188 cm³/mol. The molecule has 266 valence electrons. The van der Waals surface area contributed by atoms with Gasteiger partial charge in [-0.3, -0.25) is 9.59 Å². The Bertz CT molecular complexity index is 1320. The van der Waals surface area contributed by atoms with E-state index in [-0.39, 0.29) is 49.1 Å². The van der Waals surface area contributed by atoms with Gasteiger partial charge in [0.05, 0.1) is 37.5 Å². The van der Waals surface area contributed by atoms with Crippen molar-refractivity contribution in [1.82, 2.24) is 14.7 Å². The summed E-state index contributed by atoms with van der Waals surface area (Å²) in [5.41, 5.74) is 1.45. The van der Waals surface area contributed by atoms with Gasteiger partial charge in [-0.1, -0.05) is 6.92 Å². The third kappa shape index (κ3) is 12.0. The van der Waals surface area contributed by atoms with Gasteiger partial charge >= 0.3 is 6.03 Å². The molecule has 0 radical (unpaired) electrons. The number of nitrogens with zero attached hydrogens (tertiary/aromatic N) is 3. The Morgan fingerprint density at radius 1 is 1.06 bits per heavy atom. The number of carbonyl (C=O) groups excluding carboxylic acids is 3. The molecule has 12 nitrogen and oxygen atoms in total. The number of aliphatic hydroxyl groups excluding tert-OH is 1. The number of amides is 4. The van der Waals surface area contributed by atoms with E-state index in [2.05, 4.69) is 10.6 Å². The third-order valence-electron chi connectivity index (χ3n) is 8.49. The van der Waals surface area contributed by atoms with Gasteiger partial charge in [-0.2, -0.15) is 0 Å². The Labute approximate surface area is 285 Å². The number of fused-ring (bicyclic) bond motifs is 1. The summed E-state index contributed by atoms with van der Waals surface area (Å²) in [6.07, 6.45) is 2.93. The molecule has 1 heterocycles. The van der Waals surface area contributed by atoms with Crippen molar-refractivity contribution in [2.45, 2.75) is 71.1 Å². The number of ether oxygens (including phenoxy) is 3. The second-order valence-corrected chi connectivity index (χ2v) is 13.0. The summed E-state index contributed by atoms with van der Waals surface area (Å²) in [7, 11) is 7.23. The summed E-state index contributed by atoms with van der Waals surface area (Å²) in [5.74, 6) is 0.467. The van der Waals surface area contributed by atoms with Crippen LogP contribution < -0.4 is 20.1 Å². The van der Waals surface area contributed by atoms with Gasteiger partial charge in [0.2, 0.25) is 5.91 Å². The number of likely N-dealkylation sites (N-methyl/N-ethyl adjacent to an activating group) is 1. The van der Waals surface area contributed by atoms with Gasteiger partial charge < -0.3 is 44.7 Å². The zero-order chi connectivity index (χ0) is 35.2. The maximum atomic E-state index is 14.3. The van der Waals surface area contributed by atoms with Crippen LogP contribution in [0.15, 0.2) is 42.5 Å².